The standard InChI is InChI=1S/C17H23N3O2S/c1-3-20(4-2)11-15-13-23-16(19-15)10-18-17(21)22-12-14-8-6-5-7-9-14/h5-9,13H,3-4,10-12H2,1-2H3,(H,18,21). The van der Waals surface area contributed by atoms with Crippen LogP contribution in [-0.4, -0.2) is 29.1 Å². The van der Waals surface area contributed by atoms with Gasteiger partial charge in [0.2, 0.25) is 0 Å². The molecule has 0 aliphatic rings. The Morgan fingerprint density at radius 3 is 2.70 bits per heavy atom. The average Bonchev–Trinajstić information content (AvgIpc) is 3.04. The van der Waals surface area contributed by atoms with Crippen LogP contribution < -0.4 is 5.32 Å². The van der Waals surface area contributed by atoms with Gasteiger partial charge in [0.25, 0.3) is 0 Å². The van der Waals surface area contributed by atoms with Gasteiger partial charge in [-0.25, -0.2) is 9.78 Å². The van der Waals surface area contributed by atoms with Crippen molar-refractivity contribution in [2.75, 3.05) is 13.1 Å². The van der Waals surface area contributed by atoms with Crippen molar-refractivity contribution in [1.29, 1.82) is 0 Å². The van der Waals surface area contributed by atoms with Crippen LogP contribution in [0.3, 0.4) is 0 Å². The van der Waals surface area contributed by atoms with Crippen LogP contribution in [0, 0.1) is 0 Å². The molecule has 23 heavy (non-hydrogen) atoms. The van der Waals surface area contributed by atoms with Gasteiger partial charge < -0.3 is 10.1 Å². The molecular formula is C17H23N3O2S. The Kier molecular flexibility index (Phi) is 7.03. The Labute approximate surface area is 141 Å². The first-order valence-electron chi connectivity index (χ1n) is 7.81. The van der Waals surface area contributed by atoms with Crippen molar-refractivity contribution in [2.45, 2.75) is 33.5 Å². The monoisotopic (exact) mass is 333 g/mol. The van der Waals surface area contributed by atoms with Crippen molar-refractivity contribution in [2.24, 2.45) is 0 Å². The number of thiazole rings is 1. The summed E-state index contributed by atoms with van der Waals surface area (Å²) < 4.78 is 5.17. The van der Waals surface area contributed by atoms with Gasteiger partial charge in [0, 0.05) is 11.9 Å². The van der Waals surface area contributed by atoms with Crippen molar-refractivity contribution < 1.29 is 9.53 Å². The van der Waals surface area contributed by atoms with Gasteiger partial charge in [-0.1, -0.05) is 44.2 Å². The van der Waals surface area contributed by atoms with Gasteiger partial charge in [0.15, 0.2) is 0 Å². The maximum Gasteiger partial charge on any atom is 0.407 e. The fourth-order valence-electron chi connectivity index (χ4n) is 2.10. The zero-order chi connectivity index (χ0) is 16.5. The molecule has 1 aromatic carbocycles. The first-order chi connectivity index (χ1) is 11.2. The van der Waals surface area contributed by atoms with Gasteiger partial charge in [0.1, 0.15) is 11.6 Å². The Hall–Kier alpha value is -1.92. The van der Waals surface area contributed by atoms with Crippen molar-refractivity contribution in [3.05, 3.63) is 52.0 Å². The SMILES string of the molecule is CCN(CC)Cc1csc(CNC(=O)OCc2ccccc2)n1. The summed E-state index contributed by atoms with van der Waals surface area (Å²) in [7, 11) is 0. The summed E-state index contributed by atoms with van der Waals surface area (Å²) in [4.78, 5) is 18.6. The molecule has 0 fully saturated rings. The predicted molar refractivity (Wildman–Crippen MR) is 92.2 cm³/mol. The zero-order valence-corrected chi connectivity index (χ0v) is 14.4. The molecule has 1 heterocycles. The molecule has 0 bridgehead atoms. The lowest BCUT2D eigenvalue weighted by atomic mass is 10.2. The van der Waals surface area contributed by atoms with E-state index in [1.807, 2.05) is 35.7 Å². The molecule has 124 valence electrons. The molecule has 0 radical (unpaired) electrons. The number of ether oxygens (including phenoxy) is 1. The highest BCUT2D eigenvalue weighted by Gasteiger charge is 2.08. The number of benzene rings is 1. The molecule has 1 amide bonds. The minimum atomic E-state index is -0.422. The van der Waals surface area contributed by atoms with Gasteiger partial charge in [-0.15, -0.1) is 11.3 Å². The maximum absolute atomic E-state index is 11.7. The first-order valence-corrected chi connectivity index (χ1v) is 8.69. The van der Waals surface area contributed by atoms with E-state index in [4.69, 9.17) is 4.74 Å². The average molecular weight is 333 g/mol. The van der Waals surface area contributed by atoms with Gasteiger partial charge >= 0.3 is 6.09 Å². The number of nitrogens with one attached hydrogen (secondary N) is 1. The van der Waals surface area contributed by atoms with Gasteiger partial charge in [0.05, 0.1) is 12.2 Å². The lowest BCUT2D eigenvalue weighted by Gasteiger charge is -2.15. The lowest BCUT2D eigenvalue weighted by molar-refractivity contribution is 0.139. The number of amides is 1. The van der Waals surface area contributed by atoms with E-state index in [1.165, 1.54) is 0 Å². The fourth-order valence-corrected chi connectivity index (χ4v) is 2.83. The smallest absolute Gasteiger partial charge is 0.407 e. The third-order valence-corrected chi connectivity index (χ3v) is 4.37. The number of rotatable bonds is 8. The predicted octanol–water partition coefficient (Wildman–Crippen LogP) is 3.41. The van der Waals surface area contributed by atoms with E-state index in [0.29, 0.717) is 6.54 Å². The molecule has 0 spiro atoms. The first kappa shape index (κ1) is 17.4. The molecule has 2 rings (SSSR count). The van der Waals surface area contributed by atoms with Crippen LogP contribution in [0.2, 0.25) is 0 Å². The molecule has 0 atom stereocenters. The van der Waals surface area contributed by atoms with E-state index in [0.717, 1.165) is 35.9 Å². The fraction of sp³-hybridized carbons (Fsp3) is 0.412. The summed E-state index contributed by atoms with van der Waals surface area (Å²) >= 11 is 1.56. The molecule has 0 unspecified atom stereocenters. The van der Waals surface area contributed by atoms with Crippen LogP contribution in [0.5, 0.6) is 0 Å². The van der Waals surface area contributed by atoms with Crippen molar-refractivity contribution in [3.8, 4) is 0 Å². The molecule has 0 aliphatic carbocycles. The molecule has 0 aliphatic heterocycles. The molecular weight excluding hydrogens is 310 g/mol. The van der Waals surface area contributed by atoms with Crippen molar-refractivity contribution >= 4 is 17.4 Å². The Bertz CT molecular complexity index is 597. The highest BCUT2D eigenvalue weighted by atomic mass is 32.1. The zero-order valence-electron chi connectivity index (χ0n) is 13.6. The minimum Gasteiger partial charge on any atom is -0.445 e. The van der Waals surface area contributed by atoms with Crippen molar-refractivity contribution in [3.63, 3.8) is 0 Å². The van der Waals surface area contributed by atoms with Crippen molar-refractivity contribution in [1.82, 2.24) is 15.2 Å². The molecule has 0 saturated heterocycles. The second kappa shape index (κ2) is 9.27. The third kappa shape index (κ3) is 6.00. The van der Waals surface area contributed by atoms with Crippen LogP contribution in [0.1, 0.15) is 30.1 Å². The Morgan fingerprint density at radius 1 is 1.26 bits per heavy atom. The number of alkyl carbamates (subject to hydrolysis) is 1. The second-order valence-corrected chi connectivity index (χ2v) is 6.05. The lowest BCUT2D eigenvalue weighted by Crippen LogP contribution is -2.24. The Balaban J connectivity index is 1.73. The van der Waals surface area contributed by atoms with E-state index in [9.17, 15) is 4.79 Å². The van der Waals surface area contributed by atoms with E-state index >= 15 is 0 Å². The summed E-state index contributed by atoms with van der Waals surface area (Å²) in [6, 6.07) is 9.62. The quantitative estimate of drug-likeness (QED) is 0.804. The molecule has 6 heteroatoms. The van der Waals surface area contributed by atoms with Crippen LogP contribution >= 0.6 is 11.3 Å². The highest BCUT2D eigenvalue weighted by molar-refractivity contribution is 7.09. The molecule has 2 aromatic rings. The van der Waals surface area contributed by atoms with Gasteiger partial charge in [-0.05, 0) is 18.7 Å². The summed E-state index contributed by atoms with van der Waals surface area (Å²) in [6.07, 6.45) is -0.422. The highest BCUT2D eigenvalue weighted by Crippen LogP contribution is 2.11. The number of hydrogen-bond donors (Lipinski definition) is 1. The summed E-state index contributed by atoms with van der Waals surface area (Å²) in [5, 5.41) is 5.68. The second-order valence-electron chi connectivity index (χ2n) is 5.11. The number of aromatic nitrogens is 1. The van der Waals surface area contributed by atoms with Gasteiger partial charge in [-0.2, -0.15) is 0 Å². The third-order valence-electron chi connectivity index (χ3n) is 3.48. The van der Waals surface area contributed by atoms with Gasteiger partial charge in [-0.3, -0.25) is 4.90 Å². The van der Waals surface area contributed by atoms with E-state index < -0.39 is 6.09 Å². The summed E-state index contributed by atoms with van der Waals surface area (Å²) in [5.74, 6) is 0. The van der Waals surface area contributed by atoms with Crippen LogP contribution in [0.15, 0.2) is 35.7 Å². The normalized spacial score (nSPS) is 10.7. The van der Waals surface area contributed by atoms with Crippen LogP contribution in [0.4, 0.5) is 4.79 Å². The number of nitrogens with zero attached hydrogens (tertiary/aromatic N) is 2. The molecule has 0 saturated carbocycles. The topological polar surface area (TPSA) is 54.5 Å². The maximum atomic E-state index is 11.7. The van der Waals surface area contributed by atoms with Crippen LogP contribution in [-0.2, 0) is 24.4 Å². The summed E-state index contributed by atoms with van der Waals surface area (Å²) in [5.41, 5.74) is 2.02. The largest absolute Gasteiger partial charge is 0.445 e. The number of carbonyl (C=O) groups is 1. The molecule has 1 N–H and O–H groups in total. The molecule has 1 aromatic heterocycles. The Morgan fingerprint density at radius 2 is 2.00 bits per heavy atom. The summed E-state index contributed by atoms with van der Waals surface area (Å²) in [6.45, 7) is 7.82. The minimum absolute atomic E-state index is 0.276. The molecule has 5 nitrogen and oxygen atoms in total. The van der Waals surface area contributed by atoms with E-state index in [1.54, 1.807) is 11.3 Å². The van der Waals surface area contributed by atoms with E-state index in [2.05, 4.69) is 29.0 Å². The number of carbonyl (C=O) groups excluding carboxylic acids is 1. The van der Waals surface area contributed by atoms with E-state index in [-0.39, 0.29) is 6.61 Å². The van der Waals surface area contributed by atoms with Crippen LogP contribution in [0.25, 0.3) is 0 Å². The number of hydrogen-bond acceptors (Lipinski definition) is 5.